The van der Waals surface area contributed by atoms with Gasteiger partial charge in [-0.25, -0.2) is 0 Å². The average Bonchev–Trinajstić information content (AvgIpc) is 2.47. The third-order valence-corrected chi connectivity index (χ3v) is 3.67. The molecule has 0 aromatic heterocycles. The van der Waals surface area contributed by atoms with Crippen LogP contribution < -0.4 is 5.32 Å². The number of hydrogen-bond donors (Lipinski definition) is 1. The molecule has 4 heteroatoms. The van der Waals surface area contributed by atoms with Gasteiger partial charge < -0.3 is 10.2 Å². The van der Waals surface area contributed by atoms with Crippen LogP contribution in [0.2, 0.25) is 0 Å². The second-order valence-electron chi connectivity index (χ2n) is 6.04. The predicted molar refractivity (Wildman–Crippen MR) is 84.3 cm³/mol. The first kappa shape index (κ1) is 15.5. The van der Waals surface area contributed by atoms with Crippen LogP contribution in [0.3, 0.4) is 0 Å². The van der Waals surface area contributed by atoms with Crippen molar-refractivity contribution in [2.45, 2.75) is 39.5 Å². The van der Waals surface area contributed by atoms with Crippen molar-refractivity contribution < 1.29 is 9.59 Å². The quantitative estimate of drug-likeness (QED) is 0.924. The van der Waals surface area contributed by atoms with Gasteiger partial charge in [0, 0.05) is 19.5 Å². The van der Waals surface area contributed by atoms with E-state index in [4.69, 9.17) is 0 Å². The van der Waals surface area contributed by atoms with Gasteiger partial charge in [0.25, 0.3) is 5.91 Å². The smallest absolute Gasteiger partial charge is 0.255 e. The molecule has 0 radical (unpaired) electrons. The van der Waals surface area contributed by atoms with Gasteiger partial charge in [0.1, 0.15) is 0 Å². The van der Waals surface area contributed by atoms with Crippen LogP contribution >= 0.6 is 0 Å². The molecule has 1 saturated heterocycles. The molecule has 1 N–H and O–H groups in total. The van der Waals surface area contributed by atoms with Crippen LogP contribution in [0.15, 0.2) is 24.3 Å². The normalized spacial score (nSPS) is 15.1. The summed E-state index contributed by atoms with van der Waals surface area (Å²) in [6.45, 7) is 5.63. The molecule has 0 aliphatic carbocycles. The number of likely N-dealkylation sites (tertiary alicyclic amines) is 1. The minimum absolute atomic E-state index is 0.0233. The van der Waals surface area contributed by atoms with Crippen LogP contribution in [-0.2, 0) is 4.79 Å². The van der Waals surface area contributed by atoms with Crippen LogP contribution in [0.1, 0.15) is 49.9 Å². The fourth-order valence-corrected chi connectivity index (χ4v) is 2.62. The molecule has 114 valence electrons. The molecule has 0 unspecified atom stereocenters. The predicted octanol–water partition coefficient (Wildman–Crippen LogP) is 3.30. The number of hydrogen-bond acceptors (Lipinski definition) is 2. The Morgan fingerprint density at radius 1 is 1.14 bits per heavy atom. The fourth-order valence-electron chi connectivity index (χ4n) is 2.62. The van der Waals surface area contributed by atoms with Gasteiger partial charge in [-0.1, -0.05) is 26.0 Å². The fraction of sp³-hybridized carbons (Fsp3) is 0.529. The van der Waals surface area contributed by atoms with Crippen molar-refractivity contribution in [3.63, 3.8) is 0 Å². The highest BCUT2D eigenvalue weighted by molar-refractivity contribution is 6.03. The zero-order valence-corrected chi connectivity index (χ0v) is 12.9. The summed E-state index contributed by atoms with van der Waals surface area (Å²) < 4.78 is 0. The summed E-state index contributed by atoms with van der Waals surface area (Å²) in [7, 11) is 0. The molecule has 0 bridgehead atoms. The van der Waals surface area contributed by atoms with Crippen molar-refractivity contribution in [1.82, 2.24) is 4.90 Å². The molecule has 4 nitrogen and oxygen atoms in total. The van der Waals surface area contributed by atoms with Crippen molar-refractivity contribution in [2.75, 3.05) is 18.4 Å². The zero-order chi connectivity index (χ0) is 15.2. The Balaban J connectivity index is 2.12. The van der Waals surface area contributed by atoms with E-state index in [2.05, 4.69) is 5.32 Å². The van der Waals surface area contributed by atoms with Gasteiger partial charge in [-0.2, -0.15) is 0 Å². The summed E-state index contributed by atoms with van der Waals surface area (Å²) in [5.41, 5.74) is 1.22. The molecule has 2 amide bonds. The van der Waals surface area contributed by atoms with Crippen molar-refractivity contribution in [3.8, 4) is 0 Å². The van der Waals surface area contributed by atoms with Crippen LogP contribution in [0, 0.1) is 5.92 Å². The maximum absolute atomic E-state index is 12.6. The first-order valence-corrected chi connectivity index (χ1v) is 7.76. The molecule has 1 aromatic rings. The highest BCUT2D eigenvalue weighted by Gasteiger charge is 2.21. The highest BCUT2D eigenvalue weighted by Crippen LogP contribution is 2.20. The second kappa shape index (κ2) is 7.25. The summed E-state index contributed by atoms with van der Waals surface area (Å²) in [6, 6.07) is 7.28. The second-order valence-corrected chi connectivity index (χ2v) is 6.04. The molecule has 1 fully saturated rings. The van der Waals surface area contributed by atoms with Crippen LogP contribution in [-0.4, -0.2) is 29.8 Å². The lowest BCUT2D eigenvalue weighted by Crippen LogP contribution is -2.36. The Bertz CT molecular complexity index is 505. The number of anilines is 1. The van der Waals surface area contributed by atoms with Crippen LogP contribution in [0.5, 0.6) is 0 Å². The molecule has 2 rings (SSSR count). The van der Waals surface area contributed by atoms with Gasteiger partial charge in [-0.05, 0) is 37.3 Å². The minimum atomic E-state index is -0.0381. The van der Waals surface area contributed by atoms with E-state index in [0.29, 0.717) is 23.6 Å². The van der Waals surface area contributed by atoms with Gasteiger partial charge in [0.15, 0.2) is 0 Å². The first-order chi connectivity index (χ1) is 10.1. The van der Waals surface area contributed by atoms with Crippen molar-refractivity contribution >= 4 is 17.5 Å². The van der Waals surface area contributed by atoms with Gasteiger partial charge in [0.2, 0.25) is 5.91 Å². The molecule has 0 spiro atoms. The largest absolute Gasteiger partial charge is 0.339 e. The summed E-state index contributed by atoms with van der Waals surface area (Å²) >= 11 is 0. The average molecular weight is 288 g/mol. The molecule has 1 aliphatic heterocycles. The van der Waals surface area contributed by atoms with Gasteiger partial charge >= 0.3 is 0 Å². The van der Waals surface area contributed by atoms with Crippen molar-refractivity contribution in [1.29, 1.82) is 0 Å². The third-order valence-electron chi connectivity index (χ3n) is 3.67. The molecule has 1 heterocycles. The maximum Gasteiger partial charge on any atom is 0.255 e. The summed E-state index contributed by atoms with van der Waals surface area (Å²) in [6.07, 6.45) is 3.78. The lowest BCUT2D eigenvalue weighted by Gasteiger charge is -2.27. The Labute approximate surface area is 126 Å². The first-order valence-electron chi connectivity index (χ1n) is 7.76. The van der Waals surface area contributed by atoms with Crippen LogP contribution in [0.25, 0.3) is 0 Å². The number of para-hydroxylation sites is 1. The number of carbonyl (C=O) groups is 2. The molecular formula is C17H24N2O2. The van der Waals surface area contributed by atoms with E-state index >= 15 is 0 Å². The van der Waals surface area contributed by atoms with E-state index in [1.165, 1.54) is 6.42 Å². The third kappa shape index (κ3) is 4.31. The van der Waals surface area contributed by atoms with E-state index < -0.39 is 0 Å². The molecule has 1 aliphatic rings. The van der Waals surface area contributed by atoms with E-state index in [1.54, 1.807) is 12.1 Å². The number of benzene rings is 1. The van der Waals surface area contributed by atoms with E-state index in [1.807, 2.05) is 30.9 Å². The number of amides is 2. The monoisotopic (exact) mass is 288 g/mol. The van der Waals surface area contributed by atoms with Gasteiger partial charge in [-0.3, -0.25) is 9.59 Å². The van der Waals surface area contributed by atoms with E-state index in [9.17, 15) is 9.59 Å². The number of rotatable bonds is 4. The van der Waals surface area contributed by atoms with Crippen molar-refractivity contribution in [2.24, 2.45) is 5.92 Å². The zero-order valence-electron chi connectivity index (χ0n) is 12.9. The molecule has 0 saturated carbocycles. The lowest BCUT2D eigenvalue weighted by atomic mass is 10.1. The van der Waals surface area contributed by atoms with Gasteiger partial charge in [0.05, 0.1) is 11.3 Å². The van der Waals surface area contributed by atoms with E-state index in [0.717, 1.165) is 25.9 Å². The SMILES string of the molecule is CC(C)CC(=O)Nc1ccccc1C(=O)N1CCCCC1. The summed E-state index contributed by atoms with van der Waals surface area (Å²) in [5.74, 6) is 0.286. The van der Waals surface area contributed by atoms with Crippen LogP contribution in [0.4, 0.5) is 5.69 Å². The Kier molecular flexibility index (Phi) is 5.37. The topological polar surface area (TPSA) is 49.4 Å². The summed E-state index contributed by atoms with van der Waals surface area (Å²) in [5, 5.41) is 2.88. The maximum atomic E-state index is 12.6. The Morgan fingerprint density at radius 3 is 2.48 bits per heavy atom. The Hall–Kier alpha value is -1.84. The number of nitrogens with zero attached hydrogens (tertiary/aromatic N) is 1. The highest BCUT2D eigenvalue weighted by atomic mass is 16.2. The van der Waals surface area contributed by atoms with Crippen molar-refractivity contribution in [3.05, 3.63) is 29.8 Å². The van der Waals surface area contributed by atoms with E-state index in [-0.39, 0.29) is 11.8 Å². The lowest BCUT2D eigenvalue weighted by molar-refractivity contribution is -0.116. The number of carbonyl (C=O) groups excluding carboxylic acids is 2. The molecule has 1 aromatic carbocycles. The molecule has 0 atom stereocenters. The number of nitrogens with one attached hydrogen (secondary N) is 1. The number of piperidine rings is 1. The molecular weight excluding hydrogens is 264 g/mol. The summed E-state index contributed by atoms with van der Waals surface area (Å²) in [4.78, 5) is 26.4. The minimum Gasteiger partial charge on any atom is -0.339 e. The Morgan fingerprint density at radius 2 is 1.81 bits per heavy atom. The van der Waals surface area contributed by atoms with Gasteiger partial charge in [-0.15, -0.1) is 0 Å². The standard InChI is InChI=1S/C17H24N2O2/c1-13(2)12-16(20)18-15-9-5-4-8-14(15)17(21)19-10-6-3-7-11-19/h4-5,8-9,13H,3,6-7,10-12H2,1-2H3,(H,18,20). The molecule has 21 heavy (non-hydrogen) atoms.